The van der Waals surface area contributed by atoms with Crippen molar-refractivity contribution in [3.05, 3.63) is 53.1 Å². The van der Waals surface area contributed by atoms with Gasteiger partial charge in [-0.05, 0) is 59.0 Å². The van der Waals surface area contributed by atoms with Crippen LogP contribution in [0.1, 0.15) is 58.2 Å². The summed E-state index contributed by atoms with van der Waals surface area (Å²) in [5.41, 5.74) is 3.19. The summed E-state index contributed by atoms with van der Waals surface area (Å²) in [6.45, 7) is 20.7. The average Bonchev–Trinajstić information content (AvgIpc) is 2.56. The lowest BCUT2D eigenvalue weighted by Crippen LogP contribution is -2.63. The van der Waals surface area contributed by atoms with E-state index in [1.54, 1.807) is 5.19 Å². The molecule has 1 N–H and O–H groups in total. The molecular weight excluding hydrogens is 364 g/mol. The minimum Gasteiger partial charge on any atom is -0.507 e. The Bertz CT molecular complexity index is 784. The quantitative estimate of drug-likeness (QED) is 0.444. The number of aryl methyl sites for hydroxylation is 1. The predicted octanol–water partition coefficient (Wildman–Crippen LogP) is 6.90. The van der Waals surface area contributed by atoms with Crippen LogP contribution in [0.15, 0.2) is 41.3 Å². The zero-order chi connectivity index (χ0) is 20.6. The lowest BCUT2D eigenvalue weighted by Gasteiger charge is -2.52. The van der Waals surface area contributed by atoms with Crippen LogP contribution in [0.4, 0.5) is 0 Å². The molecule has 0 radical (unpaired) electrons. The third-order valence-electron chi connectivity index (χ3n) is 6.28. The molecule has 0 saturated heterocycles. The maximum absolute atomic E-state index is 10.3. The number of hydrogen-bond donors (Lipinski definition) is 1. The van der Waals surface area contributed by atoms with Crippen LogP contribution >= 0.6 is 11.8 Å². The molecule has 2 aromatic rings. The fourth-order valence-electron chi connectivity index (χ4n) is 4.60. The third kappa shape index (κ3) is 4.00. The lowest BCUT2D eigenvalue weighted by atomic mass is 10.1. The number of phenols is 1. The second kappa shape index (κ2) is 7.67. The Morgan fingerprint density at radius 3 is 1.85 bits per heavy atom. The van der Waals surface area contributed by atoms with Crippen molar-refractivity contribution in [2.75, 3.05) is 5.38 Å². The van der Waals surface area contributed by atoms with Gasteiger partial charge in [-0.1, -0.05) is 77.1 Å². The molecule has 0 atom stereocenters. The van der Waals surface area contributed by atoms with Crippen molar-refractivity contribution in [2.24, 2.45) is 0 Å². The number of hydrogen-bond acceptors (Lipinski definition) is 2. The zero-order valence-electron chi connectivity index (χ0n) is 18.5. The van der Waals surface area contributed by atoms with E-state index in [-0.39, 0.29) is 10.1 Å². The van der Waals surface area contributed by atoms with Crippen molar-refractivity contribution in [2.45, 2.75) is 77.3 Å². The lowest BCUT2D eigenvalue weighted by molar-refractivity contribution is 0.465. The number of benzene rings is 2. The molecular formula is C24H36OSSi. The van der Waals surface area contributed by atoms with Crippen molar-refractivity contribution in [3.8, 4) is 5.75 Å². The highest BCUT2D eigenvalue weighted by Crippen LogP contribution is 2.52. The van der Waals surface area contributed by atoms with E-state index in [0.29, 0.717) is 5.75 Å². The Morgan fingerprint density at radius 2 is 1.37 bits per heavy atom. The van der Waals surface area contributed by atoms with Crippen LogP contribution < -0.4 is 5.19 Å². The third-order valence-corrected chi connectivity index (χ3v) is 15.8. The second-order valence-electron chi connectivity index (χ2n) is 9.85. The Balaban J connectivity index is 2.58. The molecule has 0 amide bonds. The maximum atomic E-state index is 10.3. The molecule has 148 valence electrons. The van der Waals surface area contributed by atoms with Gasteiger partial charge in [0.1, 0.15) is 13.8 Å². The van der Waals surface area contributed by atoms with Gasteiger partial charge in [0.15, 0.2) is 0 Å². The van der Waals surface area contributed by atoms with Crippen LogP contribution in [0, 0.1) is 20.8 Å². The van der Waals surface area contributed by atoms with Gasteiger partial charge >= 0.3 is 0 Å². The monoisotopic (exact) mass is 400 g/mol. The smallest absolute Gasteiger partial charge is 0.121 e. The van der Waals surface area contributed by atoms with Gasteiger partial charge in [-0.3, -0.25) is 0 Å². The normalized spacial score (nSPS) is 13.1. The molecule has 0 bridgehead atoms. The summed E-state index contributed by atoms with van der Waals surface area (Å²) in [6.07, 6.45) is 0. The van der Waals surface area contributed by atoms with Crippen molar-refractivity contribution < 1.29 is 5.11 Å². The van der Waals surface area contributed by atoms with E-state index in [1.807, 2.05) is 25.6 Å². The molecule has 0 aromatic heterocycles. The van der Waals surface area contributed by atoms with Crippen molar-refractivity contribution in [1.29, 1.82) is 0 Å². The first-order chi connectivity index (χ1) is 12.3. The van der Waals surface area contributed by atoms with Gasteiger partial charge in [0.25, 0.3) is 0 Å². The molecule has 0 saturated carbocycles. The number of aromatic hydroxyl groups is 1. The summed E-state index contributed by atoms with van der Waals surface area (Å²) in [7, 11) is -1.93. The first kappa shape index (κ1) is 22.1. The van der Waals surface area contributed by atoms with Gasteiger partial charge in [-0.25, -0.2) is 0 Å². The minimum absolute atomic E-state index is 0.231. The standard InChI is InChI=1S/C24H36OSSi/c1-17-15-21(18(2)19(3)22(17)25)26-16-27(23(4,5)6,24(7,8)9)20-13-11-10-12-14-20/h10-15,25H,16H2,1-9H3. The minimum atomic E-state index is -1.93. The molecule has 0 unspecified atom stereocenters. The topological polar surface area (TPSA) is 20.2 Å². The summed E-state index contributed by atoms with van der Waals surface area (Å²) in [6, 6.07) is 13.4. The maximum Gasteiger partial charge on any atom is 0.121 e. The molecule has 2 aromatic carbocycles. The van der Waals surface area contributed by atoms with Gasteiger partial charge in [0, 0.05) is 4.90 Å². The molecule has 0 aliphatic heterocycles. The Morgan fingerprint density at radius 1 is 0.852 bits per heavy atom. The molecule has 0 aliphatic rings. The molecule has 0 aliphatic carbocycles. The van der Waals surface area contributed by atoms with Crippen LogP contribution in [0.3, 0.4) is 0 Å². The highest BCUT2D eigenvalue weighted by Gasteiger charge is 2.53. The molecule has 0 fully saturated rings. The molecule has 3 heteroatoms. The van der Waals surface area contributed by atoms with Gasteiger partial charge in [0.05, 0.1) is 0 Å². The van der Waals surface area contributed by atoms with Gasteiger partial charge < -0.3 is 5.11 Å². The Hall–Kier alpha value is -1.19. The molecule has 2 rings (SSSR count). The van der Waals surface area contributed by atoms with Crippen molar-refractivity contribution >= 4 is 25.0 Å². The largest absolute Gasteiger partial charge is 0.507 e. The number of phenolic OH excluding ortho intramolecular Hbond substituents is 1. The van der Waals surface area contributed by atoms with E-state index in [1.165, 1.54) is 10.5 Å². The summed E-state index contributed by atoms with van der Waals surface area (Å²) < 4.78 is 0. The van der Waals surface area contributed by atoms with E-state index in [4.69, 9.17) is 0 Å². The second-order valence-corrected chi connectivity index (χ2v) is 17.1. The fraction of sp³-hybridized carbons (Fsp3) is 0.500. The number of rotatable bonds is 4. The summed E-state index contributed by atoms with van der Waals surface area (Å²) in [4.78, 5) is 1.31. The Labute approximate surface area is 171 Å². The van der Waals surface area contributed by atoms with Gasteiger partial charge in [0.2, 0.25) is 0 Å². The predicted molar refractivity (Wildman–Crippen MR) is 124 cm³/mol. The summed E-state index contributed by atoms with van der Waals surface area (Å²) in [5, 5.41) is 13.4. The van der Waals surface area contributed by atoms with Crippen molar-refractivity contribution in [1.82, 2.24) is 0 Å². The summed E-state index contributed by atoms with van der Waals surface area (Å²) >= 11 is 1.99. The van der Waals surface area contributed by atoms with Crippen LogP contribution in [-0.2, 0) is 0 Å². The SMILES string of the molecule is Cc1cc(SC[Si](c2ccccc2)(C(C)(C)C)C(C)(C)C)c(C)c(C)c1O. The molecule has 0 spiro atoms. The molecule has 1 nitrogen and oxygen atoms in total. The van der Waals surface area contributed by atoms with Crippen LogP contribution in [-0.4, -0.2) is 18.6 Å². The van der Waals surface area contributed by atoms with Crippen LogP contribution in [0.5, 0.6) is 5.75 Å². The van der Waals surface area contributed by atoms with E-state index >= 15 is 0 Å². The fourth-order valence-corrected chi connectivity index (χ4v) is 15.6. The van der Waals surface area contributed by atoms with E-state index < -0.39 is 8.07 Å². The average molecular weight is 401 g/mol. The zero-order valence-corrected chi connectivity index (χ0v) is 20.3. The first-order valence-corrected chi connectivity index (χ1v) is 13.0. The van der Waals surface area contributed by atoms with E-state index in [2.05, 4.69) is 84.9 Å². The van der Waals surface area contributed by atoms with E-state index in [0.717, 1.165) is 16.5 Å². The molecule has 27 heavy (non-hydrogen) atoms. The van der Waals surface area contributed by atoms with Gasteiger partial charge in [-0.2, -0.15) is 0 Å². The molecule has 0 heterocycles. The van der Waals surface area contributed by atoms with Gasteiger partial charge in [-0.15, -0.1) is 11.8 Å². The first-order valence-electron chi connectivity index (χ1n) is 9.81. The highest BCUT2D eigenvalue weighted by molar-refractivity contribution is 8.01. The number of thioether (sulfide) groups is 1. The summed E-state index contributed by atoms with van der Waals surface area (Å²) in [5.74, 6) is 0.440. The van der Waals surface area contributed by atoms with Crippen LogP contribution in [0.25, 0.3) is 0 Å². The highest BCUT2D eigenvalue weighted by atomic mass is 32.2. The van der Waals surface area contributed by atoms with Crippen molar-refractivity contribution in [3.63, 3.8) is 0 Å². The van der Waals surface area contributed by atoms with E-state index in [9.17, 15) is 5.11 Å². The van der Waals surface area contributed by atoms with Crippen LogP contribution in [0.2, 0.25) is 10.1 Å². The Kier molecular flexibility index (Phi) is 6.28.